The highest BCUT2D eigenvalue weighted by molar-refractivity contribution is 6.45. The lowest BCUT2D eigenvalue weighted by Gasteiger charge is -2.12. The Labute approximate surface area is 246 Å². The summed E-state index contributed by atoms with van der Waals surface area (Å²) in [5.74, 6) is -1.06. The number of fused-ring (bicyclic) bond motifs is 2. The highest BCUT2D eigenvalue weighted by Crippen LogP contribution is 2.35. The van der Waals surface area contributed by atoms with Gasteiger partial charge in [-0.25, -0.2) is 0 Å². The number of aliphatic hydroxyl groups excluding tert-OH is 1. The highest BCUT2D eigenvalue weighted by Gasteiger charge is 2.35. The van der Waals surface area contributed by atoms with Crippen molar-refractivity contribution in [1.82, 2.24) is 15.2 Å². The molecule has 3 aromatic carbocycles. The number of imide groups is 1. The van der Waals surface area contributed by atoms with E-state index in [1.54, 1.807) is 0 Å². The summed E-state index contributed by atoms with van der Waals surface area (Å²) in [6, 6.07) is 22.1. The molecule has 0 bridgehead atoms. The van der Waals surface area contributed by atoms with Crippen LogP contribution < -0.4 is 10.6 Å². The maximum absolute atomic E-state index is 13.2. The predicted octanol–water partition coefficient (Wildman–Crippen LogP) is 6.45. The van der Waals surface area contributed by atoms with Crippen LogP contribution in [0.2, 0.25) is 0 Å². The maximum atomic E-state index is 13.2. The van der Waals surface area contributed by atoms with Gasteiger partial charge in [0.25, 0.3) is 11.8 Å². The number of nitrogens with zero attached hydrogens (tertiary/aromatic N) is 1. The fraction of sp³-hybridized carbons (Fsp3) is 0.229. The Bertz CT molecular complexity index is 1710. The van der Waals surface area contributed by atoms with Gasteiger partial charge < -0.3 is 20.4 Å². The number of aliphatic hydroxyl groups is 1. The normalized spacial score (nSPS) is 13.6. The molecule has 4 N–H and O–H groups in total. The molecule has 0 aliphatic carbocycles. The molecule has 1 aliphatic heterocycles. The second kappa shape index (κ2) is 14.2. The van der Waals surface area contributed by atoms with E-state index in [4.69, 9.17) is 5.41 Å². The third kappa shape index (κ3) is 6.42. The Kier molecular flexibility index (Phi) is 10.2. The average molecular weight is 563 g/mol. The van der Waals surface area contributed by atoms with Crippen molar-refractivity contribution in [2.45, 2.75) is 40.0 Å². The summed E-state index contributed by atoms with van der Waals surface area (Å²) in [5, 5.41) is 26.9. The zero-order chi connectivity index (χ0) is 30.1. The first-order chi connectivity index (χ1) is 20.5. The first-order valence-corrected chi connectivity index (χ1v) is 14.4. The van der Waals surface area contributed by atoms with Crippen molar-refractivity contribution in [1.29, 1.82) is 5.41 Å². The number of para-hydroxylation sites is 1. The first kappa shape index (κ1) is 30.2. The van der Waals surface area contributed by atoms with E-state index in [0.717, 1.165) is 33.1 Å². The molecule has 5 rings (SSSR count). The van der Waals surface area contributed by atoms with Crippen molar-refractivity contribution in [3.05, 3.63) is 108 Å². The minimum Gasteiger partial charge on any atom is -0.396 e. The average Bonchev–Trinajstić information content (AvgIpc) is 3.54. The van der Waals surface area contributed by atoms with Gasteiger partial charge in [0.15, 0.2) is 0 Å². The largest absolute Gasteiger partial charge is 0.396 e. The van der Waals surface area contributed by atoms with Crippen molar-refractivity contribution in [2.24, 2.45) is 0 Å². The van der Waals surface area contributed by atoms with Crippen LogP contribution in [0.15, 0.2) is 102 Å². The number of carbonyl (C=O) groups is 2. The topological polar surface area (TPSA) is 107 Å². The molecule has 216 valence electrons. The van der Waals surface area contributed by atoms with Gasteiger partial charge in [0.2, 0.25) is 0 Å². The van der Waals surface area contributed by atoms with Gasteiger partial charge in [-0.2, -0.15) is 0 Å². The number of allylic oxidation sites excluding steroid dienone is 4. The van der Waals surface area contributed by atoms with Crippen molar-refractivity contribution in [3.63, 3.8) is 0 Å². The molecule has 0 radical (unpaired) electrons. The number of carbonyl (C=O) groups excluding carboxylic acids is 2. The van der Waals surface area contributed by atoms with Crippen molar-refractivity contribution in [3.8, 4) is 5.69 Å². The zero-order valence-corrected chi connectivity index (χ0v) is 24.4. The number of hydrogen-bond donors (Lipinski definition) is 4. The van der Waals surface area contributed by atoms with Crippen molar-refractivity contribution >= 4 is 44.8 Å². The Balaban J connectivity index is 0.00000198. The number of aromatic nitrogens is 1. The van der Waals surface area contributed by atoms with Crippen molar-refractivity contribution in [2.75, 3.05) is 13.2 Å². The molecule has 0 spiro atoms. The SMILES string of the molecule is C/C=C\C/C=C(\CC(=N)C1=C(c2cn(-c3ccc4ccccc4c3)c3ccccc23)C(=O)NC1=O)NCCCO.CC. The lowest BCUT2D eigenvalue weighted by Crippen LogP contribution is -2.25. The van der Waals surface area contributed by atoms with E-state index in [-0.39, 0.29) is 29.9 Å². The predicted molar refractivity (Wildman–Crippen MR) is 172 cm³/mol. The molecule has 4 aromatic rings. The van der Waals surface area contributed by atoms with E-state index in [2.05, 4.69) is 34.9 Å². The summed E-state index contributed by atoms with van der Waals surface area (Å²) >= 11 is 0. The van der Waals surface area contributed by atoms with E-state index >= 15 is 0 Å². The number of nitrogens with one attached hydrogen (secondary N) is 3. The quantitative estimate of drug-likeness (QED) is 0.0729. The van der Waals surface area contributed by atoms with Gasteiger partial charge in [-0.1, -0.05) is 80.6 Å². The van der Waals surface area contributed by atoms with Crippen LogP contribution in [0.25, 0.3) is 32.9 Å². The third-order valence-electron chi connectivity index (χ3n) is 7.02. The summed E-state index contributed by atoms with van der Waals surface area (Å²) in [4.78, 5) is 26.3. The molecule has 2 amide bonds. The van der Waals surface area contributed by atoms with Crippen LogP contribution in [0.4, 0.5) is 0 Å². The fourth-order valence-corrected chi connectivity index (χ4v) is 5.08. The lowest BCUT2D eigenvalue weighted by atomic mass is 9.96. The molecule has 42 heavy (non-hydrogen) atoms. The van der Waals surface area contributed by atoms with Crippen LogP contribution >= 0.6 is 0 Å². The van der Waals surface area contributed by atoms with E-state index in [1.165, 1.54) is 0 Å². The third-order valence-corrected chi connectivity index (χ3v) is 7.02. The second-order valence-corrected chi connectivity index (χ2v) is 9.69. The molecule has 0 fully saturated rings. The Morgan fingerprint density at radius 1 is 1.00 bits per heavy atom. The van der Waals surface area contributed by atoms with Crippen LogP contribution in [-0.2, 0) is 9.59 Å². The van der Waals surface area contributed by atoms with Gasteiger partial charge in [-0.3, -0.25) is 14.9 Å². The van der Waals surface area contributed by atoms with Gasteiger partial charge in [-0.05, 0) is 48.7 Å². The Morgan fingerprint density at radius 2 is 1.74 bits per heavy atom. The molecule has 7 heteroatoms. The molecule has 0 atom stereocenters. The first-order valence-electron chi connectivity index (χ1n) is 14.4. The van der Waals surface area contributed by atoms with E-state index in [9.17, 15) is 14.7 Å². The van der Waals surface area contributed by atoms with Crippen LogP contribution in [0.3, 0.4) is 0 Å². The summed E-state index contributed by atoms with van der Waals surface area (Å²) in [7, 11) is 0. The zero-order valence-electron chi connectivity index (χ0n) is 24.4. The van der Waals surface area contributed by atoms with Crippen LogP contribution in [0.1, 0.15) is 45.6 Å². The second-order valence-electron chi connectivity index (χ2n) is 9.69. The van der Waals surface area contributed by atoms with Crippen molar-refractivity contribution < 1.29 is 14.7 Å². The van der Waals surface area contributed by atoms with Gasteiger partial charge in [0, 0.05) is 48.1 Å². The Hall–Kier alpha value is -4.75. The molecule has 7 nitrogen and oxygen atoms in total. The molecule has 0 saturated carbocycles. The number of amides is 2. The molecule has 2 heterocycles. The monoisotopic (exact) mass is 562 g/mol. The summed E-state index contributed by atoms with van der Waals surface area (Å²) in [6.45, 7) is 6.54. The smallest absolute Gasteiger partial charge is 0.260 e. The van der Waals surface area contributed by atoms with Gasteiger partial charge in [-0.15, -0.1) is 0 Å². The van der Waals surface area contributed by atoms with Crippen LogP contribution in [0, 0.1) is 5.41 Å². The minimum absolute atomic E-state index is 0.0556. The standard InChI is InChI=1S/C33H32N4O3.C2H6/c1-2-3-4-12-24(35-17-9-18-38)20-28(34)31-30(32(39)36-33(31)40)27-21-37(29-14-8-7-13-26(27)29)25-16-15-22-10-5-6-11-23(22)19-25;1-2/h2-3,5-8,10-16,19,21,34-35,38H,4,9,17-18,20H2,1H3,(H,36,39,40);1-2H3/b3-2-,24-12+,34-28?;. The maximum Gasteiger partial charge on any atom is 0.260 e. The van der Waals surface area contributed by atoms with Gasteiger partial charge in [0.1, 0.15) is 0 Å². The fourth-order valence-electron chi connectivity index (χ4n) is 5.08. The van der Waals surface area contributed by atoms with E-state index in [1.807, 2.05) is 92.2 Å². The molecule has 0 saturated heterocycles. The number of hydrogen-bond acceptors (Lipinski definition) is 5. The van der Waals surface area contributed by atoms with E-state index in [0.29, 0.717) is 24.9 Å². The summed E-state index contributed by atoms with van der Waals surface area (Å²) in [6.07, 6.45) is 9.19. The lowest BCUT2D eigenvalue weighted by molar-refractivity contribution is -0.123. The summed E-state index contributed by atoms with van der Waals surface area (Å²) in [5.41, 5.74) is 3.58. The molecule has 0 unspecified atom stereocenters. The number of benzene rings is 3. The molecular weight excluding hydrogens is 524 g/mol. The minimum atomic E-state index is -0.560. The molecular formula is C35H38N4O3. The van der Waals surface area contributed by atoms with Crippen LogP contribution in [-0.4, -0.2) is 40.4 Å². The number of rotatable bonds is 11. The Morgan fingerprint density at radius 3 is 2.50 bits per heavy atom. The summed E-state index contributed by atoms with van der Waals surface area (Å²) < 4.78 is 2.03. The van der Waals surface area contributed by atoms with Crippen LogP contribution in [0.5, 0.6) is 0 Å². The highest BCUT2D eigenvalue weighted by atomic mass is 16.3. The van der Waals surface area contributed by atoms with E-state index < -0.39 is 11.8 Å². The van der Waals surface area contributed by atoms with Gasteiger partial charge in [0.05, 0.1) is 22.4 Å². The molecule has 1 aliphatic rings. The molecule has 1 aromatic heterocycles. The van der Waals surface area contributed by atoms with Gasteiger partial charge >= 0.3 is 0 Å².